The van der Waals surface area contributed by atoms with Crippen molar-refractivity contribution in [2.24, 2.45) is 0 Å². The maximum Gasteiger partial charge on any atom is 0.380 e. The summed E-state index contributed by atoms with van der Waals surface area (Å²) in [5, 5.41) is 9.69. The summed E-state index contributed by atoms with van der Waals surface area (Å²) in [5.41, 5.74) is -0.100. The summed E-state index contributed by atoms with van der Waals surface area (Å²) >= 11 is 0. The Morgan fingerprint density at radius 2 is 2.10 bits per heavy atom. The summed E-state index contributed by atoms with van der Waals surface area (Å²) in [4.78, 5) is 11.2. The van der Waals surface area contributed by atoms with Crippen molar-refractivity contribution < 1.29 is 28.2 Å². The molecule has 0 radical (unpaired) electrons. The molecule has 0 aliphatic rings. The van der Waals surface area contributed by atoms with Gasteiger partial charge in [0.15, 0.2) is 6.10 Å². The van der Waals surface area contributed by atoms with Crippen LogP contribution in [0.2, 0.25) is 0 Å². The fourth-order valence-electron chi connectivity index (χ4n) is 1.54. The maximum atomic E-state index is 13.7. The van der Waals surface area contributed by atoms with Crippen LogP contribution < -0.4 is 4.74 Å². The van der Waals surface area contributed by atoms with Crippen LogP contribution in [0, 0.1) is 0 Å². The van der Waals surface area contributed by atoms with E-state index in [0.29, 0.717) is 12.4 Å². The van der Waals surface area contributed by atoms with Gasteiger partial charge in [-0.05, 0) is 31.0 Å². The van der Waals surface area contributed by atoms with Gasteiger partial charge in [0, 0.05) is 0 Å². The molecule has 0 saturated heterocycles. The molecule has 0 aliphatic heterocycles. The number of halogens is 2. The standard InChI is InChI=1S/C14H18F2O4/c1-3-8-20-11-7-5-6-10(9-11)12(17)14(15,16)13(18)19-4-2/h5-7,9,12,17H,3-4,8H2,1-2H3. The third-order valence-electron chi connectivity index (χ3n) is 2.54. The number of carbonyl (C=O) groups is 1. The molecule has 1 N–H and O–H groups in total. The summed E-state index contributed by atoms with van der Waals surface area (Å²) in [6, 6.07) is 5.66. The van der Waals surface area contributed by atoms with Gasteiger partial charge in [-0.15, -0.1) is 0 Å². The molecule has 0 spiro atoms. The normalized spacial score (nSPS) is 12.8. The Bertz CT molecular complexity index is 449. The van der Waals surface area contributed by atoms with Crippen molar-refractivity contribution in [2.45, 2.75) is 32.3 Å². The lowest BCUT2D eigenvalue weighted by atomic mass is 10.0. The van der Waals surface area contributed by atoms with Crippen LogP contribution in [-0.2, 0) is 9.53 Å². The molecule has 0 saturated carbocycles. The van der Waals surface area contributed by atoms with E-state index in [1.54, 1.807) is 6.07 Å². The summed E-state index contributed by atoms with van der Waals surface area (Å²) < 4.78 is 37.0. The van der Waals surface area contributed by atoms with Crippen molar-refractivity contribution in [1.29, 1.82) is 0 Å². The first-order valence-electron chi connectivity index (χ1n) is 6.39. The van der Waals surface area contributed by atoms with Gasteiger partial charge in [0.05, 0.1) is 13.2 Å². The van der Waals surface area contributed by atoms with E-state index >= 15 is 0 Å². The van der Waals surface area contributed by atoms with Gasteiger partial charge in [0.1, 0.15) is 5.75 Å². The van der Waals surface area contributed by atoms with Gasteiger partial charge in [-0.25, -0.2) is 4.79 Å². The van der Waals surface area contributed by atoms with Crippen molar-refractivity contribution in [3.8, 4) is 5.75 Å². The second kappa shape index (κ2) is 7.19. The first-order valence-corrected chi connectivity index (χ1v) is 6.39. The lowest BCUT2D eigenvalue weighted by Gasteiger charge is -2.21. The molecule has 1 aromatic carbocycles. The smallest absolute Gasteiger partial charge is 0.380 e. The number of hydrogen-bond acceptors (Lipinski definition) is 4. The van der Waals surface area contributed by atoms with Crippen molar-refractivity contribution in [3.63, 3.8) is 0 Å². The summed E-state index contributed by atoms with van der Waals surface area (Å²) in [5.74, 6) is -5.38. The third-order valence-corrected chi connectivity index (χ3v) is 2.54. The summed E-state index contributed by atoms with van der Waals surface area (Å²) in [6.45, 7) is 3.59. The number of aliphatic hydroxyl groups excluding tert-OH is 1. The Kier molecular flexibility index (Phi) is 5.88. The molecular formula is C14H18F2O4. The molecule has 0 heterocycles. The number of alkyl halides is 2. The van der Waals surface area contributed by atoms with Gasteiger partial charge in [-0.3, -0.25) is 0 Å². The third kappa shape index (κ3) is 3.90. The SMILES string of the molecule is CCCOc1cccc(C(O)C(F)(F)C(=O)OCC)c1. The molecule has 1 unspecified atom stereocenters. The topological polar surface area (TPSA) is 55.8 Å². The first kappa shape index (κ1) is 16.4. The van der Waals surface area contributed by atoms with E-state index in [1.807, 2.05) is 6.92 Å². The fourth-order valence-corrected chi connectivity index (χ4v) is 1.54. The second-order valence-electron chi connectivity index (χ2n) is 4.17. The van der Waals surface area contributed by atoms with E-state index in [4.69, 9.17) is 4.74 Å². The van der Waals surface area contributed by atoms with Crippen LogP contribution >= 0.6 is 0 Å². The fraction of sp³-hybridized carbons (Fsp3) is 0.500. The minimum Gasteiger partial charge on any atom is -0.494 e. The molecule has 6 heteroatoms. The quantitative estimate of drug-likeness (QED) is 0.784. The number of aliphatic hydroxyl groups is 1. The van der Waals surface area contributed by atoms with Crippen LogP contribution in [0.5, 0.6) is 5.75 Å². The molecule has 0 fully saturated rings. The van der Waals surface area contributed by atoms with Gasteiger partial charge >= 0.3 is 11.9 Å². The van der Waals surface area contributed by atoms with E-state index < -0.39 is 18.0 Å². The number of benzene rings is 1. The van der Waals surface area contributed by atoms with E-state index in [9.17, 15) is 18.7 Å². The van der Waals surface area contributed by atoms with Crippen molar-refractivity contribution in [3.05, 3.63) is 29.8 Å². The average Bonchev–Trinajstić information content (AvgIpc) is 2.44. The van der Waals surface area contributed by atoms with Crippen LogP contribution in [0.15, 0.2) is 24.3 Å². The molecule has 0 amide bonds. The Morgan fingerprint density at radius 1 is 1.40 bits per heavy atom. The molecule has 4 nitrogen and oxygen atoms in total. The zero-order valence-electron chi connectivity index (χ0n) is 11.4. The van der Waals surface area contributed by atoms with Gasteiger partial charge in [-0.1, -0.05) is 19.1 Å². The summed E-state index contributed by atoms with van der Waals surface area (Å²) in [7, 11) is 0. The van der Waals surface area contributed by atoms with E-state index in [2.05, 4.69) is 4.74 Å². The highest BCUT2D eigenvalue weighted by atomic mass is 19.3. The predicted molar refractivity (Wildman–Crippen MR) is 68.8 cm³/mol. The highest BCUT2D eigenvalue weighted by Gasteiger charge is 2.49. The molecule has 0 aliphatic carbocycles. The van der Waals surface area contributed by atoms with Gasteiger partial charge < -0.3 is 14.6 Å². The van der Waals surface area contributed by atoms with Crippen molar-refractivity contribution in [1.82, 2.24) is 0 Å². The van der Waals surface area contributed by atoms with E-state index in [1.165, 1.54) is 25.1 Å². The molecule has 20 heavy (non-hydrogen) atoms. The number of esters is 1. The van der Waals surface area contributed by atoms with Gasteiger partial charge in [0.25, 0.3) is 0 Å². The molecule has 1 atom stereocenters. The van der Waals surface area contributed by atoms with Crippen molar-refractivity contribution in [2.75, 3.05) is 13.2 Å². The number of rotatable bonds is 7. The Morgan fingerprint density at radius 3 is 2.70 bits per heavy atom. The Labute approximate surface area is 116 Å². The number of carbonyl (C=O) groups excluding carboxylic acids is 1. The van der Waals surface area contributed by atoms with E-state index in [0.717, 1.165) is 6.42 Å². The Balaban J connectivity index is 2.90. The molecule has 0 bridgehead atoms. The predicted octanol–water partition coefficient (Wildman–Crippen LogP) is 2.71. The number of hydrogen-bond donors (Lipinski definition) is 1. The minimum absolute atomic E-state index is 0.100. The second-order valence-corrected chi connectivity index (χ2v) is 4.17. The zero-order valence-corrected chi connectivity index (χ0v) is 11.4. The van der Waals surface area contributed by atoms with E-state index in [-0.39, 0.29) is 12.2 Å². The number of ether oxygens (including phenoxy) is 2. The molecular weight excluding hydrogens is 270 g/mol. The first-order chi connectivity index (χ1) is 9.43. The van der Waals surface area contributed by atoms with Crippen LogP contribution in [0.1, 0.15) is 31.9 Å². The molecule has 1 aromatic rings. The molecule has 112 valence electrons. The van der Waals surface area contributed by atoms with Crippen molar-refractivity contribution >= 4 is 5.97 Å². The van der Waals surface area contributed by atoms with Gasteiger partial charge in [-0.2, -0.15) is 8.78 Å². The van der Waals surface area contributed by atoms with Crippen LogP contribution in [-0.4, -0.2) is 30.2 Å². The molecule has 0 aromatic heterocycles. The van der Waals surface area contributed by atoms with Gasteiger partial charge in [0.2, 0.25) is 0 Å². The average molecular weight is 288 g/mol. The minimum atomic E-state index is -4.00. The highest BCUT2D eigenvalue weighted by molar-refractivity contribution is 5.78. The maximum absolute atomic E-state index is 13.7. The molecule has 1 rings (SSSR count). The zero-order chi connectivity index (χ0) is 15.2. The monoisotopic (exact) mass is 288 g/mol. The largest absolute Gasteiger partial charge is 0.494 e. The Hall–Kier alpha value is -1.69. The highest BCUT2D eigenvalue weighted by Crippen LogP contribution is 2.33. The van der Waals surface area contributed by atoms with Crippen LogP contribution in [0.4, 0.5) is 8.78 Å². The lowest BCUT2D eigenvalue weighted by Crippen LogP contribution is -2.37. The summed E-state index contributed by atoms with van der Waals surface area (Å²) in [6.07, 6.45) is -1.50. The van der Waals surface area contributed by atoms with Crippen LogP contribution in [0.25, 0.3) is 0 Å². The lowest BCUT2D eigenvalue weighted by molar-refractivity contribution is -0.189. The van der Waals surface area contributed by atoms with Crippen LogP contribution in [0.3, 0.4) is 0 Å².